The van der Waals surface area contributed by atoms with Crippen molar-refractivity contribution in [3.63, 3.8) is 0 Å². The van der Waals surface area contributed by atoms with Gasteiger partial charge in [-0.05, 0) is 13.3 Å². The molecule has 11 heavy (non-hydrogen) atoms. The predicted octanol–water partition coefficient (Wildman–Crippen LogP) is -1.17. The Labute approximate surface area is 66.7 Å². The second-order valence-corrected chi connectivity index (χ2v) is 2.82. The van der Waals surface area contributed by atoms with Crippen molar-refractivity contribution < 1.29 is 15.3 Å². The molecular formula is C7H17NO3. The third-order valence-electron chi connectivity index (χ3n) is 1.70. The van der Waals surface area contributed by atoms with Crippen molar-refractivity contribution in [1.82, 2.24) is 0 Å². The van der Waals surface area contributed by atoms with Crippen LogP contribution in [0, 0.1) is 0 Å². The van der Waals surface area contributed by atoms with Crippen LogP contribution < -0.4 is 5.73 Å². The van der Waals surface area contributed by atoms with Gasteiger partial charge in [0.25, 0.3) is 0 Å². The smallest absolute Gasteiger partial charge is 0.107 e. The van der Waals surface area contributed by atoms with Gasteiger partial charge in [-0.1, -0.05) is 6.92 Å². The summed E-state index contributed by atoms with van der Waals surface area (Å²) in [5.74, 6) is 0. The Bertz CT molecular complexity index is 108. The van der Waals surface area contributed by atoms with E-state index in [1.165, 1.54) is 0 Å². The Balaban J connectivity index is 3.90. The third-order valence-corrected chi connectivity index (χ3v) is 1.70. The number of hydrogen-bond donors (Lipinski definition) is 4. The Morgan fingerprint density at radius 1 is 1.18 bits per heavy atom. The summed E-state index contributed by atoms with van der Waals surface area (Å²) in [6, 6.07) is -0.522. The molecule has 0 bridgehead atoms. The molecule has 0 aromatic rings. The standard InChI is InChI=1S/C7H17NO3/c1-3-5(9)7(11)6(10)4(2)8/h4-7,9-11H,3,8H2,1-2H3. The molecule has 5 N–H and O–H groups in total. The highest BCUT2D eigenvalue weighted by Crippen LogP contribution is 2.05. The third kappa shape index (κ3) is 3.16. The average molecular weight is 163 g/mol. The second kappa shape index (κ2) is 4.66. The molecule has 0 radical (unpaired) electrons. The maximum Gasteiger partial charge on any atom is 0.107 e. The number of hydrogen-bond acceptors (Lipinski definition) is 4. The summed E-state index contributed by atoms with van der Waals surface area (Å²) in [7, 11) is 0. The van der Waals surface area contributed by atoms with Gasteiger partial charge in [0.05, 0.1) is 12.2 Å². The van der Waals surface area contributed by atoms with Gasteiger partial charge in [0.15, 0.2) is 0 Å². The first kappa shape index (κ1) is 10.8. The van der Waals surface area contributed by atoms with E-state index in [2.05, 4.69) is 0 Å². The molecule has 0 aliphatic heterocycles. The molecule has 0 amide bonds. The van der Waals surface area contributed by atoms with Crippen LogP contribution in [0.2, 0.25) is 0 Å². The fourth-order valence-corrected chi connectivity index (χ4v) is 0.780. The van der Waals surface area contributed by atoms with Crippen LogP contribution in [-0.4, -0.2) is 39.7 Å². The summed E-state index contributed by atoms with van der Waals surface area (Å²) in [5.41, 5.74) is 5.31. The predicted molar refractivity (Wildman–Crippen MR) is 42.0 cm³/mol. The van der Waals surface area contributed by atoms with Gasteiger partial charge < -0.3 is 21.1 Å². The lowest BCUT2D eigenvalue weighted by atomic mass is 10.0. The van der Waals surface area contributed by atoms with E-state index in [9.17, 15) is 5.11 Å². The Morgan fingerprint density at radius 3 is 1.91 bits per heavy atom. The number of aliphatic hydroxyl groups is 3. The summed E-state index contributed by atoms with van der Waals surface area (Å²) in [6.07, 6.45) is -2.67. The van der Waals surface area contributed by atoms with E-state index in [1.54, 1.807) is 13.8 Å². The van der Waals surface area contributed by atoms with Gasteiger partial charge in [0.2, 0.25) is 0 Å². The molecular weight excluding hydrogens is 146 g/mol. The fraction of sp³-hybridized carbons (Fsp3) is 1.00. The minimum atomic E-state index is -1.14. The molecule has 0 aromatic carbocycles. The fourth-order valence-electron chi connectivity index (χ4n) is 0.780. The minimum absolute atomic E-state index is 0.408. The maximum atomic E-state index is 9.18. The summed E-state index contributed by atoms with van der Waals surface area (Å²) in [5, 5.41) is 27.4. The van der Waals surface area contributed by atoms with E-state index in [1.807, 2.05) is 0 Å². The van der Waals surface area contributed by atoms with Crippen molar-refractivity contribution in [1.29, 1.82) is 0 Å². The minimum Gasteiger partial charge on any atom is -0.390 e. The van der Waals surface area contributed by atoms with Crippen molar-refractivity contribution >= 4 is 0 Å². The largest absolute Gasteiger partial charge is 0.390 e. The monoisotopic (exact) mass is 163 g/mol. The SMILES string of the molecule is CCC(O)C(O)C(O)C(C)N. The summed E-state index contributed by atoms with van der Waals surface area (Å²) < 4.78 is 0. The lowest BCUT2D eigenvalue weighted by Crippen LogP contribution is -2.46. The van der Waals surface area contributed by atoms with Gasteiger partial charge in [0, 0.05) is 6.04 Å². The number of aliphatic hydroxyl groups excluding tert-OH is 3. The molecule has 4 unspecified atom stereocenters. The molecule has 0 aliphatic rings. The molecule has 4 atom stereocenters. The van der Waals surface area contributed by atoms with E-state index in [0.717, 1.165) is 0 Å². The molecule has 0 saturated carbocycles. The van der Waals surface area contributed by atoms with Crippen LogP contribution in [-0.2, 0) is 0 Å². The van der Waals surface area contributed by atoms with Crippen LogP contribution in [0.4, 0.5) is 0 Å². The van der Waals surface area contributed by atoms with E-state index in [4.69, 9.17) is 15.9 Å². The van der Waals surface area contributed by atoms with Gasteiger partial charge in [-0.3, -0.25) is 0 Å². The molecule has 68 valence electrons. The molecule has 0 heterocycles. The molecule has 0 spiro atoms. The van der Waals surface area contributed by atoms with E-state index >= 15 is 0 Å². The molecule has 4 heteroatoms. The zero-order chi connectivity index (χ0) is 9.02. The van der Waals surface area contributed by atoms with Crippen LogP contribution in [0.25, 0.3) is 0 Å². The summed E-state index contributed by atoms with van der Waals surface area (Å²) in [4.78, 5) is 0. The van der Waals surface area contributed by atoms with Crippen molar-refractivity contribution in [2.24, 2.45) is 5.73 Å². The zero-order valence-electron chi connectivity index (χ0n) is 6.94. The van der Waals surface area contributed by atoms with Crippen molar-refractivity contribution in [3.05, 3.63) is 0 Å². The van der Waals surface area contributed by atoms with Crippen molar-refractivity contribution in [3.8, 4) is 0 Å². The maximum absolute atomic E-state index is 9.18. The van der Waals surface area contributed by atoms with Crippen molar-refractivity contribution in [2.75, 3.05) is 0 Å². The second-order valence-electron chi connectivity index (χ2n) is 2.82. The van der Waals surface area contributed by atoms with Crippen molar-refractivity contribution in [2.45, 2.75) is 44.6 Å². The first-order valence-electron chi connectivity index (χ1n) is 3.80. The van der Waals surface area contributed by atoms with Crippen LogP contribution in [0.1, 0.15) is 20.3 Å². The molecule has 0 saturated heterocycles. The first-order valence-corrected chi connectivity index (χ1v) is 3.80. The highest BCUT2D eigenvalue weighted by atomic mass is 16.4. The highest BCUT2D eigenvalue weighted by molar-refractivity contribution is 4.79. The Morgan fingerprint density at radius 2 is 1.64 bits per heavy atom. The van der Waals surface area contributed by atoms with Crippen LogP contribution >= 0.6 is 0 Å². The molecule has 0 rings (SSSR count). The van der Waals surface area contributed by atoms with Crippen LogP contribution in [0.3, 0.4) is 0 Å². The zero-order valence-corrected chi connectivity index (χ0v) is 6.94. The van der Waals surface area contributed by atoms with Gasteiger partial charge >= 0.3 is 0 Å². The molecule has 4 nitrogen and oxygen atoms in total. The van der Waals surface area contributed by atoms with E-state index in [0.29, 0.717) is 6.42 Å². The van der Waals surface area contributed by atoms with Crippen LogP contribution in [0.5, 0.6) is 0 Å². The molecule has 0 aromatic heterocycles. The van der Waals surface area contributed by atoms with Gasteiger partial charge in [0.1, 0.15) is 6.10 Å². The van der Waals surface area contributed by atoms with Gasteiger partial charge in [-0.15, -0.1) is 0 Å². The topological polar surface area (TPSA) is 86.7 Å². The lowest BCUT2D eigenvalue weighted by Gasteiger charge is -2.24. The average Bonchev–Trinajstić information content (AvgIpc) is 2.00. The quantitative estimate of drug-likeness (QED) is 0.420. The lowest BCUT2D eigenvalue weighted by molar-refractivity contribution is -0.0663. The van der Waals surface area contributed by atoms with E-state index in [-0.39, 0.29) is 0 Å². The van der Waals surface area contributed by atoms with Gasteiger partial charge in [-0.2, -0.15) is 0 Å². The van der Waals surface area contributed by atoms with Crippen LogP contribution in [0.15, 0.2) is 0 Å². The number of rotatable bonds is 4. The highest BCUT2D eigenvalue weighted by Gasteiger charge is 2.25. The molecule has 0 fully saturated rings. The first-order chi connectivity index (χ1) is 5.00. The van der Waals surface area contributed by atoms with Gasteiger partial charge in [-0.25, -0.2) is 0 Å². The van der Waals surface area contributed by atoms with E-state index < -0.39 is 24.4 Å². The summed E-state index contributed by atoms with van der Waals surface area (Å²) >= 11 is 0. The normalized spacial score (nSPS) is 22.4. The molecule has 0 aliphatic carbocycles. The summed E-state index contributed by atoms with van der Waals surface area (Å²) in [6.45, 7) is 3.30. The Kier molecular flexibility index (Phi) is 4.60. The number of nitrogens with two attached hydrogens (primary N) is 1. The Hall–Kier alpha value is -0.160.